The van der Waals surface area contributed by atoms with Crippen LogP contribution >= 0.6 is 0 Å². The Hall–Kier alpha value is -6.26. The fourth-order valence-corrected chi connectivity index (χ4v) is 6.45. The number of hydrogen-bond acceptors (Lipinski definition) is 4. The van der Waals surface area contributed by atoms with Crippen LogP contribution < -0.4 is 0 Å². The van der Waals surface area contributed by atoms with Crippen molar-refractivity contribution >= 4 is 43.5 Å². The third-order valence-corrected chi connectivity index (χ3v) is 8.65. The molecule has 0 aliphatic rings. The smallest absolute Gasteiger partial charge is 0.160 e. The topological polar surface area (TPSA) is 51.6 Å². The van der Waals surface area contributed by atoms with Gasteiger partial charge in [-0.15, -0.1) is 0 Å². The highest BCUT2D eigenvalue weighted by Crippen LogP contribution is 2.39. The van der Waals surface area contributed by atoms with Crippen LogP contribution in [-0.2, 0) is 0 Å². The van der Waals surface area contributed by atoms with Crippen LogP contribution in [0.2, 0.25) is 0 Å². The lowest BCUT2D eigenvalue weighted by atomic mass is 9.95. The molecule has 4 nitrogen and oxygen atoms in total. The quantitative estimate of drug-likeness (QED) is 0.193. The highest BCUT2D eigenvalue weighted by molar-refractivity contribution is 6.21. The van der Waals surface area contributed by atoms with Crippen LogP contribution in [0.15, 0.2) is 158 Å². The Morgan fingerprint density at radius 3 is 1.72 bits per heavy atom. The number of aromatic nitrogens is 4. The normalized spacial score (nSPS) is 11.5. The fourth-order valence-electron chi connectivity index (χ4n) is 6.45. The van der Waals surface area contributed by atoms with E-state index in [9.17, 15) is 0 Å². The second-order valence-corrected chi connectivity index (χ2v) is 11.5. The second-order valence-electron chi connectivity index (χ2n) is 11.5. The minimum absolute atomic E-state index is 0.708. The third kappa shape index (κ3) is 4.39. The van der Waals surface area contributed by atoms with Gasteiger partial charge in [0.25, 0.3) is 0 Å². The number of hydrogen-bond donors (Lipinski definition) is 0. The largest absolute Gasteiger partial charge is 0.248 e. The zero-order valence-electron chi connectivity index (χ0n) is 24.8. The van der Waals surface area contributed by atoms with Gasteiger partial charge in [-0.2, -0.15) is 0 Å². The van der Waals surface area contributed by atoms with E-state index in [0.717, 1.165) is 82.8 Å². The van der Waals surface area contributed by atoms with Gasteiger partial charge in [0.15, 0.2) is 5.82 Å². The van der Waals surface area contributed by atoms with Crippen molar-refractivity contribution in [2.24, 2.45) is 0 Å². The Kier molecular flexibility index (Phi) is 6.10. The molecule has 0 fully saturated rings. The Labute approximate surface area is 265 Å². The van der Waals surface area contributed by atoms with Crippen LogP contribution in [0.4, 0.5) is 0 Å². The van der Waals surface area contributed by atoms with Crippen molar-refractivity contribution < 1.29 is 0 Å². The van der Waals surface area contributed by atoms with E-state index >= 15 is 0 Å². The lowest BCUT2D eigenvalue weighted by molar-refractivity contribution is 1.23. The molecule has 46 heavy (non-hydrogen) atoms. The maximum Gasteiger partial charge on any atom is 0.160 e. The van der Waals surface area contributed by atoms with E-state index in [-0.39, 0.29) is 0 Å². The number of para-hydroxylation sites is 1. The molecule has 0 saturated heterocycles. The average molecular weight is 587 g/mol. The minimum Gasteiger partial charge on any atom is -0.248 e. The number of nitrogens with zero attached hydrogens (tertiary/aromatic N) is 4. The lowest BCUT2D eigenvalue weighted by Gasteiger charge is -2.15. The first-order valence-electron chi connectivity index (χ1n) is 15.4. The van der Waals surface area contributed by atoms with E-state index in [1.807, 2.05) is 54.6 Å². The Morgan fingerprint density at radius 1 is 0.304 bits per heavy atom. The van der Waals surface area contributed by atoms with Crippen LogP contribution in [0.25, 0.3) is 88.6 Å². The van der Waals surface area contributed by atoms with Crippen LogP contribution in [0, 0.1) is 0 Å². The summed E-state index contributed by atoms with van der Waals surface area (Å²) < 4.78 is 0. The van der Waals surface area contributed by atoms with Gasteiger partial charge < -0.3 is 0 Å². The molecule has 3 aromatic heterocycles. The molecule has 0 unspecified atom stereocenters. The van der Waals surface area contributed by atoms with Crippen molar-refractivity contribution in [3.63, 3.8) is 0 Å². The highest BCUT2D eigenvalue weighted by atomic mass is 14.9. The molecule has 9 rings (SSSR count). The molecule has 0 atom stereocenters. The fraction of sp³-hybridized carbons (Fsp3) is 0. The van der Waals surface area contributed by atoms with Crippen LogP contribution in [0.1, 0.15) is 0 Å². The summed E-state index contributed by atoms with van der Waals surface area (Å²) in [4.78, 5) is 20.5. The molecule has 0 amide bonds. The summed E-state index contributed by atoms with van der Waals surface area (Å²) in [6, 6.07) is 54.3. The Morgan fingerprint density at radius 2 is 0.935 bits per heavy atom. The second kappa shape index (κ2) is 10.7. The van der Waals surface area contributed by atoms with Gasteiger partial charge in [0.2, 0.25) is 0 Å². The van der Waals surface area contributed by atoms with Crippen LogP contribution in [0.5, 0.6) is 0 Å². The van der Waals surface area contributed by atoms with Gasteiger partial charge in [-0.1, -0.05) is 127 Å². The summed E-state index contributed by atoms with van der Waals surface area (Å²) in [7, 11) is 0. The first kappa shape index (κ1) is 26.2. The molecular formula is C42H26N4. The van der Waals surface area contributed by atoms with Crippen molar-refractivity contribution in [2.45, 2.75) is 0 Å². The molecule has 0 aliphatic heterocycles. The van der Waals surface area contributed by atoms with Gasteiger partial charge in [0.05, 0.1) is 33.6 Å². The zero-order valence-corrected chi connectivity index (χ0v) is 24.8. The van der Waals surface area contributed by atoms with Gasteiger partial charge in [-0.25, -0.2) is 19.9 Å². The van der Waals surface area contributed by atoms with Crippen LogP contribution in [-0.4, -0.2) is 19.9 Å². The van der Waals surface area contributed by atoms with E-state index in [1.54, 1.807) is 0 Å². The van der Waals surface area contributed by atoms with E-state index in [2.05, 4.69) is 103 Å². The maximum absolute atomic E-state index is 5.38. The van der Waals surface area contributed by atoms with E-state index < -0.39 is 0 Å². The first-order chi connectivity index (χ1) is 22.8. The molecule has 6 aromatic carbocycles. The SMILES string of the molecule is c1ccc(-c2ccc3c(ccc4c5ccc(-c6nc(-c7ccccc7)nc7ccccc67)cc5nc(-c5ccccc5)c34)n2)cc1. The van der Waals surface area contributed by atoms with Crippen LogP contribution in [0.3, 0.4) is 0 Å². The lowest BCUT2D eigenvalue weighted by Crippen LogP contribution is -1.96. The molecule has 9 aromatic rings. The molecule has 0 spiro atoms. The van der Waals surface area contributed by atoms with Gasteiger partial charge in [0, 0.05) is 43.8 Å². The van der Waals surface area contributed by atoms with Crippen molar-refractivity contribution in [2.75, 3.05) is 0 Å². The van der Waals surface area contributed by atoms with Gasteiger partial charge in [-0.3, -0.25) is 0 Å². The molecule has 3 heterocycles. The van der Waals surface area contributed by atoms with Gasteiger partial charge >= 0.3 is 0 Å². The van der Waals surface area contributed by atoms with Crippen molar-refractivity contribution in [3.8, 4) is 45.2 Å². The molecule has 0 N–H and O–H groups in total. The van der Waals surface area contributed by atoms with E-state index in [0.29, 0.717) is 5.82 Å². The summed E-state index contributed by atoms with van der Waals surface area (Å²) in [6.45, 7) is 0. The Balaban J connectivity index is 1.30. The average Bonchev–Trinajstić information content (AvgIpc) is 3.14. The predicted octanol–water partition coefficient (Wildman–Crippen LogP) is 10.5. The molecule has 0 aliphatic carbocycles. The number of fused-ring (bicyclic) bond motifs is 6. The molecule has 0 radical (unpaired) electrons. The van der Waals surface area contributed by atoms with E-state index in [4.69, 9.17) is 19.9 Å². The van der Waals surface area contributed by atoms with Gasteiger partial charge in [0.1, 0.15) is 0 Å². The number of rotatable bonds is 4. The van der Waals surface area contributed by atoms with Crippen molar-refractivity contribution in [3.05, 3.63) is 158 Å². The third-order valence-electron chi connectivity index (χ3n) is 8.65. The highest BCUT2D eigenvalue weighted by Gasteiger charge is 2.17. The van der Waals surface area contributed by atoms with Crippen molar-refractivity contribution in [1.29, 1.82) is 0 Å². The number of pyridine rings is 2. The monoisotopic (exact) mass is 586 g/mol. The minimum atomic E-state index is 0.708. The summed E-state index contributed by atoms with van der Waals surface area (Å²) in [6.07, 6.45) is 0. The summed E-state index contributed by atoms with van der Waals surface area (Å²) in [5.74, 6) is 0.708. The first-order valence-corrected chi connectivity index (χ1v) is 15.4. The molecule has 214 valence electrons. The number of benzene rings is 6. The maximum atomic E-state index is 5.38. The predicted molar refractivity (Wildman–Crippen MR) is 189 cm³/mol. The summed E-state index contributed by atoms with van der Waals surface area (Å²) >= 11 is 0. The standard InChI is InChI=1S/C42H26N4/c1-4-12-27(13-5-1)35-24-23-33-37(43-35)25-22-32-31-21-20-30(26-38(31)44-41(39(32)33)28-14-6-2-7-15-28)40-34-18-10-11-19-36(34)45-42(46-40)29-16-8-3-9-17-29/h1-26H. The Bertz CT molecular complexity index is 2560. The van der Waals surface area contributed by atoms with E-state index in [1.165, 1.54) is 0 Å². The molecule has 0 bridgehead atoms. The molecule has 0 saturated carbocycles. The van der Waals surface area contributed by atoms with Gasteiger partial charge in [-0.05, 0) is 35.7 Å². The summed E-state index contributed by atoms with van der Waals surface area (Å²) in [5, 5.41) is 5.44. The zero-order chi connectivity index (χ0) is 30.5. The van der Waals surface area contributed by atoms with Crippen molar-refractivity contribution in [1.82, 2.24) is 19.9 Å². The molecule has 4 heteroatoms. The molecular weight excluding hydrogens is 560 g/mol. The summed E-state index contributed by atoms with van der Waals surface area (Å²) in [5.41, 5.74) is 9.73.